The summed E-state index contributed by atoms with van der Waals surface area (Å²) in [7, 11) is 1.63. The fourth-order valence-corrected chi connectivity index (χ4v) is 2.29. The number of anilines is 1. The second-order valence-electron chi connectivity index (χ2n) is 4.33. The number of H-pyrrole nitrogens is 1. The molecule has 2 N–H and O–H groups in total. The lowest BCUT2D eigenvalue weighted by atomic mass is 10.3. The van der Waals surface area contributed by atoms with Crippen molar-refractivity contribution < 1.29 is 9.53 Å². The number of hydrogen-bond acceptors (Lipinski definition) is 4. The Hall–Kier alpha value is -1.95. The molecule has 0 saturated carbocycles. The van der Waals surface area contributed by atoms with Crippen molar-refractivity contribution >= 4 is 23.5 Å². The van der Waals surface area contributed by atoms with Crippen LogP contribution in [0.2, 0.25) is 0 Å². The Morgan fingerprint density at radius 1 is 1.35 bits per heavy atom. The Morgan fingerprint density at radius 2 is 2.05 bits per heavy atom. The molecule has 0 unspecified atom stereocenters. The highest BCUT2D eigenvalue weighted by Gasteiger charge is 2.09. The van der Waals surface area contributed by atoms with Gasteiger partial charge in [0.2, 0.25) is 5.91 Å². The first-order valence-electron chi connectivity index (χ1n) is 6.18. The Morgan fingerprint density at radius 3 is 2.60 bits per heavy atom. The molecule has 1 aromatic heterocycles. The number of carbonyl (C=O) groups excluding carboxylic acids is 1. The van der Waals surface area contributed by atoms with Gasteiger partial charge in [0.25, 0.3) is 0 Å². The third-order valence-corrected chi connectivity index (χ3v) is 3.95. The second kappa shape index (κ2) is 6.47. The number of thioether (sulfide) groups is 1. The third kappa shape index (κ3) is 3.54. The van der Waals surface area contributed by atoms with Crippen molar-refractivity contribution in [3.8, 4) is 5.75 Å². The van der Waals surface area contributed by atoms with E-state index in [4.69, 9.17) is 4.74 Å². The summed E-state index contributed by atoms with van der Waals surface area (Å²) in [5.74, 6) is 1.68. The third-order valence-electron chi connectivity index (χ3n) is 2.94. The number of aryl methyl sites for hydroxylation is 1. The lowest BCUT2D eigenvalue weighted by Crippen LogP contribution is -2.15. The van der Waals surface area contributed by atoms with E-state index >= 15 is 0 Å². The van der Waals surface area contributed by atoms with Crippen LogP contribution in [0.25, 0.3) is 0 Å². The van der Waals surface area contributed by atoms with Crippen molar-refractivity contribution in [3.63, 3.8) is 0 Å². The van der Waals surface area contributed by atoms with Crippen molar-refractivity contribution in [1.82, 2.24) is 10.2 Å². The van der Waals surface area contributed by atoms with Crippen LogP contribution in [-0.2, 0) is 4.79 Å². The topological polar surface area (TPSA) is 67.0 Å². The lowest BCUT2D eigenvalue weighted by molar-refractivity contribution is -0.113. The van der Waals surface area contributed by atoms with Gasteiger partial charge >= 0.3 is 0 Å². The van der Waals surface area contributed by atoms with Gasteiger partial charge in [0.1, 0.15) is 5.75 Å². The van der Waals surface area contributed by atoms with Crippen molar-refractivity contribution in [1.29, 1.82) is 0 Å². The molecule has 0 fully saturated rings. The molecule has 6 heteroatoms. The molecule has 0 spiro atoms. The van der Waals surface area contributed by atoms with Crippen molar-refractivity contribution in [2.45, 2.75) is 18.7 Å². The Kier molecular flexibility index (Phi) is 4.68. The summed E-state index contributed by atoms with van der Waals surface area (Å²) in [6.07, 6.45) is 0. The molecule has 1 aromatic carbocycles. The van der Waals surface area contributed by atoms with E-state index in [2.05, 4.69) is 15.5 Å². The van der Waals surface area contributed by atoms with E-state index in [1.54, 1.807) is 7.11 Å². The molecule has 0 aliphatic carbocycles. The molecule has 106 valence electrons. The van der Waals surface area contributed by atoms with Crippen LogP contribution in [0.4, 0.5) is 5.82 Å². The summed E-state index contributed by atoms with van der Waals surface area (Å²) in [4.78, 5) is 12.9. The molecule has 0 radical (unpaired) electrons. The molecule has 1 heterocycles. The number of nitrogens with zero attached hydrogens (tertiary/aromatic N) is 1. The fraction of sp³-hybridized carbons (Fsp3) is 0.286. The van der Waals surface area contributed by atoms with E-state index in [0.717, 1.165) is 21.9 Å². The molecular weight excluding hydrogens is 274 g/mol. The summed E-state index contributed by atoms with van der Waals surface area (Å²) in [6.45, 7) is 3.84. The summed E-state index contributed by atoms with van der Waals surface area (Å²) in [5.41, 5.74) is 1.93. The molecule has 0 bridgehead atoms. The zero-order chi connectivity index (χ0) is 14.5. The summed E-state index contributed by atoms with van der Waals surface area (Å²) < 4.78 is 5.09. The standard InChI is InChI=1S/C14H17N3O2S/c1-9-10(2)16-17-14(9)15-13(18)8-20-12-6-4-11(19-3)5-7-12/h4-7H,8H2,1-3H3,(H2,15,16,17,18). The van der Waals surface area contributed by atoms with Gasteiger partial charge < -0.3 is 10.1 Å². The minimum atomic E-state index is -0.0691. The van der Waals surface area contributed by atoms with Crippen LogP contribution in [0.1, 0.15) is 11.3 Å². The van der Waals surface area contributed by atoms with Crippen LogP contribution in [0.15, 0.2) is 29.2 Å². The van der Waals surface area contributed by atoms with Crippen LogP contribution in [0.5, 0.6) is 5.75 Å². The maximum Gasteiger partial charge on any atom is 0.235 e. The van der Waals surface area contributed by atoms with Crippen LogP contribution in [0.3, 0.4) is 0 Å². The van der Waals surface area contributed by atoms with Gasteiger partial charge in [-0.3, -0.25) is 9.89 Å². The monoisotopic (exact) mass is 291 g/mol. The van der Waals surface area contributed by atoms with E-state index in [1.807, 2.05) is 38.1 Å². The first-order valence-corrected chi connectivity index (χ1v) is 7.17. The van der Waals surface area contributed by atoms with E-state index in [-0.39, 0.29) is 5.91 Å². The zero-order valence-electron chi connectivity index (χ0n) is 11.7. The van der Waals surface area contributed by atoms with Gasteiger partial charge in [-0.1, -0.05) is 0 Å². The first-order chi connectivity index (χ1) is 9.60. The molecule has 20 heavy (non-hydrogen) atoms. The van der Waals surface area contributed by atoms with E-state index in [0.29, 0.717) is 11.6 Å². The number of nitrogens with one attached hydrogen (secondary N) is 2. The lowest BCUT2D eigenvalue weighted by Gasteiger charge is -2.04. The predicted molar refractivity (Wildman–Crippen MR) is 80.4 cm³/mol. The van der Waals surface area contributed by atoms with Crippen LogP contribution >= 0.6 is 11.8 Å². The molecule has 5 nitrogen and oxygen atoms in total. The molecule has 0 saturated heterocycles. The van der Waals surface area contributed by atoms with Crippen molar-refractivity contribution in [3.05, 3.63) is 35.5 Å². The van der Waals surface area contributed by atoms with Gasteiger partial charge in [0.15, 0.2) is 5.82 Å². The number of benzene rings is 1. The molecule has 2 rings (SSSR count). The van der Waals surface area contributed by atoms with Gasteiger partial charge in [-0.05, 0) is 38.1 Å². The van der Waals surface area contributed by atoms with Crippen LogP contribution in [-0.4, -0.2) is 29.0 Å². The largest absolute Gasteiger partial charge is 0.497 e. The fourth-order valence-electron chi connectivity index (χ4n) is 1.60. The number of carbonyl (C=O) groups is 1. The number of hydrogen-bond donors (Lipinski definition) is 2. The SMILES string of the molecule is COc1ccc(SCC(=O)Nc2n[nH]c(C)c2C)cc1. The van der Waals surface area contributed by atoms with Gasteiger partial charge in [0.05, 0.1) is 12.9 Å². The maximum atomic E-state index is 11.9. The Labute approximate surface area is 122 Å². The van der Waals surface area contributed by atoms with E-state index < -0.39 is 0 Å². The van der Waals surface area contributed by atoms with Crippen molar-refractivity contribution in [2.24, 2.45) is 0 Å². The highest BCUT2D eigenvalue weighted by atomic mass is 32.2. The Bertz CT molecular complexity index is 593. The number of rotatable bonds is 5. The molecule has 2 aromatic rings. The summed E-state index contributed by atoms with van der Waals surface area (Å²) in [6, 6.07) is 7.62. The summed E-state index contributed by atoms with van der Waals surface area (Å²) >= 11 is 1.47. The smallest absolute Gasteiger partial charge is 0.235 e. The molecule has 0 atom stereocenters. The van der Waals surface area contributed by atoms with Crippen LogP contribution in [0, 0.1) is 13.8 Å². The number of aromatic amines is 1. The van der Waals surface area contributed by atoms with Crippen LogP contribution < -0.4 is 10.1 Å². The number of aromatic nitrogens is 2. The molecular formula is C14H17N3O2S. The average Bonchev–Trinajstić information content (AvgIpc) is 2.78. The quantitative estimate of drug-likeness (QED) is 0.831. The number of amides is 1. The molecule has 0 aliphatic heterocycles. The number of methoxy groups -OCH3 is 1. The minimum Gasteiger partial charge on any atom is -0.497 e. The average molecular weight is 291 g/mol. The highest BCUT2D eigenvalue weighted by Crippen LogP contribution is 2.21. The normalized spacial score (nSPS) is 10.3. The van der Waals surface area contributed by atoms with Crippen molar-refractivity contribution in [2.75, 3.05) is 18.2 Å². The van der Waals surface area contributed by atoms with Gasteiger partial charge in [-0.25, -0.2) is 0 Å². The molecule has 0 aliphatic rings. The maximum absolute atomic E-state index is 11.9. The Balaban J connectivity index is 1.87. The second-order valence-corrected chi connectivity index (χ2v) is 5.38. The van der Waals surface area contributed by atoms with Gasteiger partial charge in [0, 0.05) is 16.2 Å². The predicted octanol–water partition coefficient (Wildman–Crippen LogP) is 2.77. The summed E-state index contributed by atoms with van der Waals surface area (Å²) in [5, 5.41) is 9.69. The number of ether oxygens (including phenoxy) is 1. The van der Waals surface area contributed by atoms with E-state index in [9.17, 15) is 4.79 Å². The van der Waals surface area contributed by atoms with E-state index in [1.165, 1.54) is 11.8 Å². The minimum absolute atomic E-state index is 0.0691. The van der Waals surface area contributed by atoms with Gasteiger partial charge in [-0.15, -0.1) is 11.8 Å². The first kappa shape index (κ1) is 14.5. The highest BCUT2D eigenvalue weighted by molar-refractivity contribution is 8.00. The molecule has 1 amide bonds. The zero-order valence-corrected chi connectivity index (χ0v) is 12.5. The van der Waals surface area contributed by atoms with Gasteiger partial charge in [-0.2, -0.15) is 5.10 Å².